The van der Waals surface area contributed by atoms with Crippen molar-refractivity contribution in [2.45, 2.75) is 47.0 Å². The molecule has 0 aromatic heterocycles. The summed E-state index contributed by atoms with van der Waals surface area (Å²) >= 11 is 0. The third-order valence-electron chi connectivity index (χ3n) is 2.06. The van der Waals surface area contributed by atoms with E-state index in [-0.39, 0.29) is 0 Å². The molecule has 0 atom stereocenters. The van der Waals surface area contributed by atoms with Crippen LogP contribution in [0.1, 0.15) is 47.0 Å². The number of Topliss-reactive ketones (excluding diaryl/α,β-unsaturated/α-hetero) is 1. The number of nitrogens with zero attached hydrogens (tertiary/aromatic N) is 1. The van der Waals surface area contributed by atoms with Crippen molar-refractivity contribution in [3.8, 4) is 0 Å². The average molecular weight is 199 g/mol. The van der Waals surface area contributed by atoms with E-state index in [1.165, 1.54) is 0 Å². The first kappa shape index (κ1) is 13.6. The van der Waals surface area contributed by atoms with Crippen molar-refractivity contribution in [2.75, 3.05) is 20.1 Å². The van der Waals surface area contributed by atoms with Gasteiger partial charge in [0.1, 0.15) is 5.78 Å². The highest BCUT2D eigenvalue weighted by molar-refractivity contribution is 5.75. The lowest BCUT2D eigenvalue weighted by molar-refractivity contribution is -0.117. The molecule has 0 rings (SSSR count). The Kier molecular flexibility index (Phi) is 6.01. The minimum absolute atomic E-state index is 0.309. The van der Waals surface area contributed by atoms with Crippen molar-refractivity contribution in [3.63, 3.8) is 0 Å². The summed E-state index contributed by atoms with van der Waals surface area (Å²) in [6.07, 6.45) is 2.90. The van der Waals surface area contributed by atoms with Crippen LogP contribution in [0.2, 0.25) is 0 Å². The summed E-state index contributed by atoms with van der Waals surface area (Å²) in [5.74, 6) is 0.309. The number of carbonyl (C=O) groups excluding carboxylic acids is 1. The summed E-state index contributed by atoms with van der Waals surface area (Å²) < 4.78 is 0. The highest BCUT2D eigenvalue weighted by atomic mass is 16.1. The van der Waals surface area contributed by atoms with Crippen LogP contribution >= 0.6 is 0 Å². The quantitative estimate of drug-likeness (QED) is 0.613. The maximum Gasteiger partial charge on any atom is 0.129 e. The van der Waals surface area contributed by atoms with Gasteiger partial charge in [-0.25, -0.2) is 0 Å². The van der Waals surface area contributed by atoms with Crippen molar-refractivity contribution >= 4 is 5.78 Å². The average Bonchev–Trinajstić information content (AvgIpc) is 1.94. The minimum atomic E-state index is 0.309. The molecule has 0 saturated heterocycles. The van der Waals surface area contributed by atoms with Crippen LogP contribution in [0, 0.1) is 5.41 Å². The largest absolute Gasteiger partial charge is 0.306 e. The van der Waals surface area contributed by atoms with Crippen molar-refractivity contribution in [2.24, 2.45) is 5.41 Å². The summed E-state index contributed by atoms with van der Waals surface area (Å²) in [5, 5.41) is 0. The zero-order valence-corrected chi connectivity index (χ0v) is 10.4. The van der Waals surface area contributed by atoms with Crippen LogP contribution in [0.15, 0.2) is 0 Å². The number of carbonyl (C=O) groups is 1. The highest BCUT2D eigenvalue weighted by Gasteiger charge is 2.12. The summed E-state index contributed by atoms with van der Waals surface area (Å²) in [5.41, 5.74) is 0.370. The van der Waals surface area contributed by atoms with Gasteiger partial charge in [0.2, 0.25) is 0 Å². The Morgan fingerprint density at radius 3 is 2.21 bits per heavy atom. The number of unbranched alkanes of at least 4 members (excludes halogenated alkanes) is 1. The summed E-state index contributed by atoms with van der Waals surface area (Å²) in [4.78, 5) is 13.1. The SMILES string of the molecule is CC(=O)CCCCN(C)CC(C)(C)C. The van der Waals surface area contributed by atoms with Gasteiger partial charge in [-0.3, -0.25) is 0 Å². The van der Waals surface area contributed by atoms with E-state index in [0.717, 1.165) is 32.4 Å². The summed E-state index contributed by atoms with van der Waals surface area (Å²) in [6, 6.07) is 0. The van der Waals surface area contributed by atoms with Crippen molar-refractivity contribution < 1.29 is 4.79 Å². The molecule has 0 saturated carbocycles. The number of hydrogen-bond donors (Lipinski definition) is 0. The van der Waals surface area contributed by atoms with Crippen LogP contribution in [0.3, 0.4) is 0 Å². The lowest BCUT2D eigenvalue weighted by atomic mass is 9.96. The molecule has 84 valence electrons. The van der Waals surface area contributed by atoms with Gasteiger partial charge >= 0.3 is 0 Å². The Morgan fingerprint density at radius 1 is 1.21 bits per heavy atom. The normalized spacial score (nSPS) is 12.1. The van der Waals surface area contributed by atoms with Gasteiger partial charge < -0.3 is 9.69 Å². The fourth-order valence-electron chi connectivity index (χ4n) is 1.64. The first-order chi connectivity index (χ1) is 6.31. The Hall–Kier alpha value is -0.370. The zero-order chi connectivity index (χ0) is 11.2. The van der Waals surface area contributed by atoms with Crippen molar-refractivity contribution in [3.05, 3.63) is 0 Å². The number of ketones is 1. The topological polar surface area (TPSA) is 20.3 Å². The van der Waals surface area contributed by atoms with Crippen LogP contribution in [0.25, 0.3) is 0 Å². The lowest BCUT2D eigenvalue weighted by Crippen LogP contribution is -2.30. The van der Waals surface area contributed by atoms with Gasteiger partial charge in [-0.15, -0.1) is 0 Å². The van der Waals surface area contributed by atoms with Crippen LogP contribution in [0.5, 0.6) is 0 Å². The lowest BCUT2D eigenvalue weighted by Gasteiger charge is -2.26. The number of hydrogen-bond acceptors (Lipinski definition) is 2. The number of rotatable bonds is 6. The first-order valence-electron chi connectivity index (χ1n) is 5.49. The molecule has 0 aromatic rings. The van der Waals surface area contributed by atoms with Gasteiger partial charge in [-0.05, 0) is 38.8 Å². The van der Waals surface area contributed by atoms with Crippen molar-refractivity contribution in [1.82, 2.24) is 4.90 Å². The highest BCUT2D eigenvalue weighted by Crippen LogP contribution is 2.14. The van der Waals surface area contributed by atoms with E-state index < -0.39 is 0 Å². The molecule has 0 aliphatic rings. The van der Waals surface area contributed by atoms with Crippen LogP contribution in [-0.4, -0.2) is 30.8 Å². The Balaban J connectivity index is 3.45. The van der Waals surface area contributed by atoms with Crippen LogP contribution in [0.4, 0.5) is 0 Å². The smallest absolute Gasteiger partial charge is 0.129 e. The third-order valence-corrected chi connectivity index (χ3v) is 2.06. The molecule has 0 aliphatic carbocycles. The van der Waals surface area contributed by atoms with Gasteiger partial charge in [-0.1, -0.05) is 20.8 Å². The Morgan fingerprint density at radius 2 is 1.79 bits per heavy atom. The molecule has 2 nitrogen and oxygen atoms in total. The van der Waals surface area contributed by atoms with E-state index in [2.05, 4.69) is 32.7 Å². The molecule has 2 heteroatoms. The van der Waals surface area contributed by atoms with Gasteiger partial charge in [0, 0.05) is 13.0 Å². The van der Waals surface area contributed by atoms with Gasteiger partial charge in [0.05, 0.1) is 0 Å². The standard InChI is InChI=1S/C12H25NO/c1-11(14)8-6-7-9-13(5)10-12(2,3)4/h6-10H2,1-5H3. The molecule has 0 bridgehead atoms. The van der Waals surface area contributed by atoms with Crippen LogP contribution in [-0.2, 0) is 4.79 Å². The maximum absolute atomic E-state index is 10.7. The third kappa shape index (κ3) is 9.72. The van der Waals surface area contributed by atoms with Gasteiger partial charge in [0.25, 0.3) is 0 Å². The first-order valence-corrected chi connectivity index (χ1v) is 5.49. The van der Waals surface area contributed by atoms with E-state index >= 15 is 0 Å². The molecule has 0 N–H and O–H groups in total. The van der Waals surface area contributed by atoms with Gasteiger partial charge in [0.15, 0.2) is 0 Å². The summed E-state index contributed by atoms with van der Waals surface area (Å²) in [6.45, 7) is 10.6. The summed E-state index contributed by atoms with van der Waals surface area (Å²) in [7, 11) is 2.15. The Labute approximate surface area is 88.7 Å². The molecule has 0 radical (unpaired) electrons. The molecule has 0 aromatic carbocycles. The minimum Gasteiger partial charge on any atom is -0.306 e. The fourth-order valence-corrected chi connectivity index (χ4v) is 1.64. The second kappa shape index (κ2) is 6.18. The van der Waals surface area contributed by atoms with Gasteiger partial charge in [-0.2, -0.15) is 0 Å². The molecule has 0 amide bonds. The predicted molar refractivity (Wildman–Crippen MR) is 61.5 cm³/mol. The molecular weight excluding hydrogens is 174 g/mol. The van der Waals surface area contributed by atoms with E-state index in [1.54, 1.807) is 6.92 Å². The van der Waals surface area contributed by atoms with E-state index in [0.29, 0.717) is 11.2 Å². The molecule has 0 fully saturated rings. The second-order valence-electron chi connectivity index (χ2n) is 5.46. The zero-order valence-electron chi connectivity index (χ0n) is 10.4. The molecular formula is C12H25NO. The molecule has 0 aliphatic heterocycles. The maximum atomic E-state index is 10.7. The van der Waals surface area contributed by atoms with E-state index in [4.69, 9.17) is 0 Å². The fraction of sp³-hybridized carbons (Fsp3) is 0.917. The second-order valence-corrected chi connectivity index (χ2v) is 5.46. The molecule has 0 heterocycles. The van der Waals surface area contributed by atoms with Crippen molar-refractivity contribution in [1.29, 1.82) is 0 Å². The molecule has 0 spiro atoms. The Bertz CT molecular complexity index is 170. The molecule has 0 unspecified atom stereocenters. The predicted octanol–water partition coefficient (Wildman–Crippen LogP) is 2.72. The van der Waals surface area contributed by atoms with E-state index in [1.807, 2.05) is 0 Å². The molecule has 14 heavy (non-hydrogen) atoms. The monoisotopic (exact) mass is 199 g/mol. The van der Waals surface area contributed by atoms with E-state index in [9.17, 15) is 4.79 Å². The van der Waals surface area contributed by atoms with Crippen LogP contribution < -0.4 is 0 Å².